The van der Waals surface area contributed by atoms with Gasteiger partial charge in [-0.3, -0.25) is 4.72 Å². The highest BCUT2D eigenvalue weighted by Crippen LogP contribution is 2.24. The fraction of sp³-hybridized carbons (Fsp3) is 0. The highest BCUT2D eigenvalue weighted by atomic mass is 32.2. The summed E-state index contributed by atoms with van der Waals surface area (Å²) in [5, 5.41) is 5.43. The average molecular weight is 362 g/mol. The third-order valence-electron chi connectivity index (χ3n) is 2.96. The summed E-state index contributed by atoms with van der Waals surface area (Å²) in [7, 11) is -3.68. The van der Waals surface area contributed by atoms with Gasteiger partial charge in [0.1, 0.15) is 5.82 Å². The van der Waals surface area contributed by atoms with Crippen molar-refractivity contribution >= 4 is 43.8 Å². The van der Waals surface area contributed by atoms with Crippen molar-refractivity contribution in [2.45, 2.75) is 4.90 Å². The lowest BCUT2D eigenvalue weighted by molar-refractivity contribution is 0.601. The number of nitrogens with two attached hydrogens (primary N) is 1. The molecule has 24 heavy (non-hydrogen) atoms. The molecule has 0 saturated carbocycles. The van der Waals surface area contributed by atoms with Crippen LogP contribution in [0.15, 0.2) is 58.9 Å². The van der Waals surface area contributed by atoms with Crippen LogP contribution in [0.2, 0.25) is 0 Å². The summed E-state index contributed by atoms with van der Waals surface area (Å²) in [6, 6.07) is 11.4. The number of rotatable bonds is 6. The minimum absolute atomic E-state index is 0.170. The topological polar surface area (TPSA) is 122 Å². The van der Waals surface area contributed by atoms with Crippen molar-refractivity contribution < 1.29 is 8.42 Å². The standard InChI is InChI=1S/C14H14N6O2S2/c15-19-13-9-23-14(18-13)17-10-6-7-16-12(8-10)20-24(21,22)11-4-2-1-3-5-11/h1-9,19H,15H2,(H2,16,17,18,20). The van der Waals surface area contributed by atoms with E-state index in [1.54, 1.807) is 35.7 Å². The summed E-state index contributed by atoms with van der Waals surface area (Å²) in [5.74, 6) is 6.03. The molecule has 0 atom stereocenters. The first-order chi connectivity index (χ1) is 11.6. The summed E-state index contributed by atoms with van der Waals surface area (Å²) in [6.45, 7) is 0. The monoisotopic (exact) mass is 362 g/mol. The van der Waals surface area contributed by atoms with Crippen LogP contribution in [0.4, 0.5) is 22.5 Å². The number of nitrogens with zero attached hydrogens (tertiary/aromatic N) is 2. The Hall–Kier alpha value is -2.69. The zero-order valence-corrected chi connectivity index (χ0v) is 13.9. The Morgan fingerprint density at radius 1 is 1.08 bits per heavy atom. The molecule has 8 nitrogen and oxygen atoms in total. The van der Waals surface area contributed by atoms with Crippen LogP contribution in [0.1, 0.15) is 0 Å². The molecule has 10 heteroatoms. The Morgan fingerprint density at radius 2 is 1.88 bits per heavy atom. The van der Waals surface area contributed by atoms with Gasteiger partial charge in [0, 0.05) is 23.3 Å². The summed E-state index contributed by atoms with van der Waals surface area (Å²) < 4.78 is 27.1. The van der Waals surface area contributed by atoms with E-state index < -0.39 is 10.0 Å². The first-order valence-electron chi connectivity index (χ1n) is 6.80. The Kier molecular flexibility index (Phi) is 4.60. The molecular weight excluding hydrogens is 348 g/mol. The van der Waals surface area contributed by atoms with Gasteiger partial charge in [-0.15, -0.1) is 11.3 Å². The van der Waals surface area contributed by atoms with E-state index in [9.17, 15) is 8.42 Å². The number of sulfonamides is 1. The van der Waals surface area contributed by atoms with Gasteiger partial charge in [-0.2, -0.15) is 0 Å². The summed E-state index contributed by atoms with van der Waals surface area (Å²) in [6.07, 6.45) is 1.50. The van der Waals surface area contributed by atoms with E-state index in [1.165, 1.54) is 29.7 Å². The minimum Gasteiger partial charge on any atom is -0.331 e. The number of nitrogens with one attached hydrogen (secondary N) is 3. The van der Waals surface area contributed by atoms with Gasteiger partial charge in [0.15, 0.2) is 10.9 Å². The van der Waals surface area contributed by atoms with Gasteiger partial charge in [0.2, 0.25) is 0 Å². The molecule has 1 aromatic carbocycles. The van der Waals surface area contributed by atoms with Crippen LogP contribution in [-0.4, -0.2) is 18.4 Å². The number of hydrogen-bond acceptors (Lipinski definition) is 8. The minimum atomic E-state index is -3.68. The molecule has 3 aromatic rings. The number of thiazole rings is 1. The van der Waals surface area contributed by atoms with E-state index in [0.29, 0.717) is 16.6 Å². The predicted octanol–water partition coefficient (Wildman–Crippen LogP) is 2.37. The SMILES string of the molecule is NNc1csc(Nc2ccnc(NS(=O)(=O)c3ccccc3)c2)n1. The zero-order valence-electron chi connectivity index (χ0n) is 12.3. The second-order valence-corrected chi connectivity index (χ2v) is 7.20. The van der Waals surface area contributed by atoms with E-state index in [1.807, 2.05) is 0 Å². The van der Waals surface area contributed by atoms with Crippen LogP contribution in [0.5, 0.6) is 0 Å². The third kappa shape index (κ3) is 3.79. The third-order valence-corrected chi connectivity index (χ3v) is 5.08. The normalized spacial score (nSPS) is 11.0. The molecule has 0 aliphatic carbocycles. The molecule has 0 aliphatic heterocycles. The van der Waals surface area contributed by atoms with Gasteiger partial charge in [-0.1, -0.05) is 18.2 Å². The Bertz CT molecular complexity index is 927. The molecule has 0 unspecified atom stereocenters. The van der Waals surface area contributed by atoms with E-state index in [4.69, 9.17) is 5.84 Å². The van der Waals surface area contributed by atoms with Crippen LogP contribution in [0.25, 0.3) is 0 Å². The maximum absolute atomic E-state index is 12.3. The van der Waals surface area contributed by atoms with E-state index in [0.717, 1.165) is 0 Å². The highest BCUT2D eigenvalue weighted by molar-refractivity contribution is 7.92. The molecule has 0 amide bonds. The molecule has 0 bridgehead atoms. The Morgan fingerprint density at radius 3 is 2.58 bits per heavy atom. The van der Waals surface area contributed by atoms with Gasteiger partial charge < -0.3 is 10.7 Å². The number of hydrogen-bond donors (Lipinski definition) is 4. The van der Waals surface area contributed by atoms with Gasteiger partial charge in [-0.25, -0.2) is 24.2 Å². The average Bonchev–Trinajstić information content (AvgIpc) is 3.03. The van der Waals surface area contributed by atoms with Crippen molar-refractivity contribution in [2.24, 2.45) is 5.84 Å². The molecule has 0 aliphatic rings. The van der Waals surface area contributed by atoms with Gasteiger partial charge >= 0.3 is 0 Å². The molecule has 3 rings (SSSR count). The number of benzene rings is 1. The highest BCUT2D eigenvalue weighted by Gasteiger charge is 2.14. The summed E-state index contributed by atoms with van der Waals surface area (Å²) in [5.41, 5.74) is 3.10. The smallest absolute Gasteiger partial charge is 0.263 e. The van der Waals surface area contributed by atoms with Crippen molar-refractivity contribution in [1.82, 2.24) is 9.97 Å². The van der Waals surface area contributed by atoms with Crippen molar-refractivity contribution in [3.63, 3.8) is 0 Å². The lowest BCUT2D eigenvalue weighted by atomic mass is 10.4. The molecule has 0 spiro atoms. The predicted molar refractivity (Wildman–Crippen MR) is 94.7 cm³/mol. The molecule has 5 N–H and O–H groups in total. The summed E-state index contributed by atoms with van der Waals surface area (Å²) >= 11 is 1.36. The molecule has 124 valence electrons. The van der Waals surface area contributed by atoms with Crippen LogP contribution in [0, 0.1) is 0 Å². The fourth-order valence-corrected chi connectivity index (χ4v) is 3.57. The molecule has 2 aromatic heterocycles. The lowest BCUT2D eigenvalue weighted by Crippen LogP contribution is -2.13. The first-order valence-corrected chi connectivity index (χ1v) is 9.16. The largest absolute Gasteiger partial charge is 0.331 e. The number of hydrazine groups is 1. The zero-order chi connectivity index (χ0) is 17.0. The van der Waals surface area contributed by atoms with Gasteiger partial charge in [-0.05, 0) is 18.2 Å². The Balaban J connectivity index is 1.78. The van der Waals surface area contributed by atoms with Crippen LogP contribution >= 0.6 is 11.3 Å². The maximum Gasteiger partial charge on any atom is 0.263 e. The van der Waals surface area contributed by atoms with Crippen LogP contribution in [0.3, 0.4) is 0 Å². The van der Waals surface area contributed by atoms with Crippen molar-refractivity contribution in [3.8, 4) is 0 Å². The Labute approximate surface area is 142 Å². The van der Waals surface area contributed by atoms with Crippen molar-refractivity contribution in [1.29, 1.82) is 0 Å². The van der Waals surface area contributed by atoms with E-state index in [2.05, 4.69) is 25.4 Å². The van der Waals surface area contributed by atoms with Crippen molar-refractivity contribution in [3.05, 3.63) is 54.0 Å². The van der Waals surface area contributed by atoms with Crippen LogP contribution < -0.4 is 21.3 Å². The molecule has 2 heterocycles. The molecule has 0 radical (unpaired) electrons. The van der Waals surface area contributed by atoms with E-state index >= 15 is 0 Å². The second kappa shape index (κ2) is 6.83. The first kappa shape index (κ1) is 16.2. The van der Waals surface area contributed by atoms with Gasteiger partial charge in [0.25, 0.3) is 10.0 Å². The molecular formula is C14H14N6O2S2. The fourth-order valence-electron chi connectivity index (χ4n) is 1.88. The molecule has 0 fully saturated rings. The quantitative estimate of drug-likeness (QED) is 0.392. The number of pyridine rings is 1. The maximum atomic E-state index is 12.3. The van der Waals surface area contributed by atoms with Gasteiger partial charge in [0.05, 0.1) is 4.90 Å². The number of nitrogen functional groups attached to an aromatic ring is 1. The summed E-state index contributed by atoms with van der Waals surface area (Å²) in [4.78, 5) is 8.39. The lowest BCUT2D eigenvalue weighted by Gasteiger charge is -2.09. The number of aromatic nitrogens is 2. The second-order valence-electron chi connectivity index (χ2n) is 4.66. The van der Waals surface area contributed by atoms with Crippen molar-refractivity contribution in [2.75, 3.05) is 15.5 Å². The van der Waals surface area contributed by atoms with Crippen LogP contribution in [-0.2, 0) is 10.0 Å². The van der Waals surface area contributed by atoms with E-state index in [-0.39, 0.29) is 10.7 Å². The number of anilines is 4. The molecule has 0 saturated heterocycles.